The molecule has 1 aromatic heterocycles. The van der Waals surface area contributed by atoms with Crippen molar-refractivity contribution in [1.29, 1.82) is 0 Å². The standard InChI is InChI=1S/C21H19NO4/c1-14-9-11-16(12-10-14)18-13-19(26-22-18)20(15(2)21(23)24-3)25-17-7-5-4-6-8-17/h4-13,20H,2H2,1,3H3. The normalized spacial score (nSPS) is 11.6. The summed E-state index contributed by atoms with van der Waals surface area (Å²) in [4.78, 5) is 12.0. The van der Waals surface area contributed by atoms with Gasteiger partial charge in [0.15, 0.2) is 11.9 Å². The Morgan fingerprint density at radius 3 is 2.46 bits per heavy atom. The van der Waals surface area contributed by atoms with Crippen LogP contribution in [-0.2, 0) is 9.53 Å². The van der Waals surface area contributed by atoms with E-state index in [4.69, 9.17) is 14.0 Å². The molecule has 26 heavy (non-hydrogen) atoms. The summed E-state index contributed by atoms with van der Waals surface area (Å²) in [5, 5.41) is 4.10. The number of para-hydroxylation sites is 1. The van der Waals surface area contributed by atoms with E-state index in [-0.39, 0.29) is 5.57 Å². The number of carbonyl (C=O) groups is 1. The van der Waals surface area contributed by atoms with Crippen LogP contribution in [0.25, 0.3) is 11.3 Å². The molecular formula is C21H19NO4. The highest BCUT2D eigenvalue weighted by atomic mass is 16.5. The number of aromatic nitrogens is 1. The number of ether oxygens (including phenoxy) is 2. The second kappa shape index (κ2) is 7.70. The third-order valence-electron chi connectivity index (χ3n) is 3.90. The number of benzene rings is 2. The molecule has 5 nitrogen and oxygen atoms in total. The second-order valence-electron chi connectivity index (χ2n) is 5.81. The van der Waals surface area contributed by atoms with Gasteiger partial charge in [0.1, 0.15) is 11.4 Å². The highest BCUT2D eigenvalue weighted by Gasteiger charge is 2.28. The minimum atomic E-state index is -0.837. The van der Waals surface area contributed by atoms with Gasteiger partial charge < -0.3 is 14.0 Å². The van der Waals surface area contributed by atoms with Crippen LogP contribution in [0.3, 0.4) is 0 Å². The zero-order chi connectivity index (χ0) is 18.5. The van der Waals surface area contributed by atoms with Crippen LogP contribution in [0.4, 0.5) is 0 Å². The molecule has 0 aliphatic rings. The average Bonchev–Trinajstić information content (AvgIpc) is 3.16. The first-order valence-electron chi connectivity index (χ1n) is 8.11. The number of nitrogens with zero attached hydrogens (tertiary/aromatic N) is 1. The molecule has 0 N–H and O–H groups in total. The SMILES string of the molecule is C=C(C(=O)OC)C(Oc1ccccc1)c1cc(-c2ccc(C)cc2)no1. The van der Waals surface area contributed by atoms with E-state index in [9.17, 15) is 4.79 Å². The molecule has 1 heterocycles. The van der Waals surface area contributed by atoms with Crippen molar-refractivity contribution in [2.75, 3.05) is 7.11 Å². The third kappa shape index (κ3) is 3.83. The zero-order valence-corrected chi connectivity index (χ0v) is 14.6. The highest BCUT2D eigenvalue weighted by Crippen LogP contribution is 2.31. The predicted molar refractivity (Wildman–Crippen MR) is 97.6 cm³/mol. The quantitative estimate of drug-likeness (QED) is 0.484. The Bertz CT molecular complexity index is 897. The number of esters is 1. The predicted octanol–water partition coefficient (Wildman–Crippen LogP) is 4.50. The smallest absolute Gasteiger partial charge is 0.337 e. The van der Waals surface area contributed by atoms with Gasteiger partial charge in [0, 0.05) is 11.6 Å². The average molecular weight is 349 g/mol. The second-order valence-corrected chi connectivity index (χ2v) is 5.81. The Labute approximate surface area is 151 Å². The maximum atomic E-state index is 12.0. The molecule has 0 spiro atoms. The topological polar surface area (TPSA) is 61.6 Å². The van der Waals surface area contributed by atoms with E-state index in [1.54, 1.807) is 18.2 Å². The van der Waals surface area contributed by atoms with Crippen LogP contribution in [0.2, 0.25) is 0 Å². The maximum absolute atomic E-state index is 12.0. The molecule has 0 radical (unpaired) electrons. The van der Waals surface area contributed by atoms with E-state index < -0.39 is 12.1 Å². The fraction of sp³-hybridized carbons (Fsp3) is 0.143. The van der Waals surface area contributed by atoms with Crippen molar-refractivity contribution in [2.24, 2.45) is 0 Å². The Kier molecular flexibility index (Phi) is 5.17. The van der Waals surface area contributed by atoms with Crippen LogP contribution in [0, 0.1) is 6.92 Å². The van der Waals surface area contributed by atoms with Gasteiger partial charge in [0.05, 0.1) is 12.7 Å². The lowest BCUT2D eigenvalue weighted by atomic mass is 10.1. The van der Waals surface area contributed by atoms with Gasteiger partial charge in [-0.2, -0.15) is 0 Å². The number of methoxy groups -OCH3 is 1. The van der Waals surface area contributed by atoms with E-state index >= 15 is 0 Å². The lowest BCUT2D eigenvalue weighted by molar-refractivity contribution is -0.137. The first-order valence-corrected chi connectivity index (χ1v) is 8.11. The van der Waals surface area contributed by atoms with E-state index in [2.05, 4.69) is 11.7 Å². The number of hydrogen-bond acceptors (Lipinski definition) is 5. The summed E-state index contributed by atoms with van der Waals surface area (Å²) < 4.78 is 16.2. The van der Waals surface area contributed by atoms with Crippen molar-refractivity contribution >= 4 is 5.97 Å². The maximum Gasteiger partial charge on any atom is 0.337 e. The van der Waals surface area contributed by atoms with E-state index in [1.807, 2.05) is 49.4 Å². The van der Waals surface area contributed by atoms with Gasteiger partial charge >= 0.3 is 5.97 Å². The molecule has 3 aromatic rings. The number of carbonyl (C=O) groups excluding carboxylic acids is 1. The summed E-state index contributed by atoms with van der Waals surface area (Å²) in [6.07, 6.45) is -0.837. The Balaban J connectivity index is 1.92. The molecule has 0 aliphatic carbocycles. The molecule has 0 amide bonds. The van der Waals surface area contributed by atoms with E-state index in [0.29, 0.717) is 17.2 Å². The Morgan fingerprint density at radius 1 is 1.12 bits per heavy atom. The lowest BCUT2D eigenvalue weighted by Gasteiger charge is -2.17. The van der Waals surface area contributed by atoms with Crippen molar-refractivity contribution < 1.29 is 18.8 Å². The molecule has 132 valence electrons. The molecule has 0 saturated heterocycles. The van der Waals surface area contributed by atoms with Gasteiger partial charge in [-0.1, -0.05) is 59.8 Å². The van der Waals surface area contributed by atoms with Gasteiger partial charge in [0.2, 0.25) is 0 Å². The van der Waals surface area contributed by atoms with Crippen molar-refractivity contribution in [2.45, 2.75) is 13.0 Å². The van der Waals surface area contributed by atoms with Gasteiger partial charge in [-0.15, -0.1) is 0 Å². The largest absolute Gasteiger partial charge is 0.477 e. The Morgan fingerprint density at radius 2 is 1.81 bits per heavy atom. The molecule has 1 atom stereocenters. The zero-order valence-electron chi connectivity index (χ0n) is 14.6. The molecule has 2 aromatic carbocycles. The minimum Gasteiger partial charge on any atom is -0.477 e. The van der Waals surface area contributed by atoms with Crippen molar-refractivity contribution in [3.05, 3.63) is 84.1 Å². The summed E-state index contributed by atoms with van der Waals surface area (Å²) in [7, 11) is 1.30. The molecule has 0 saturated carbocycles. The van der Waals surface area contributed by atoms with Crippen LogP contribution in [-0.4, -0.2) is 18.2 Å². The molecule has 3 rings (SSSR count). The molecule has 0 aliphatic heterocycles. The number of rotatable bonds is 6. The lowest BCUT2D eigenvalue weighted by Crippen LogP contribution is -2.17. The van der Waals surface area contributed by atoms with Crippen LogP contribution < -0.4 is 4.74 Å². The van der Waals surface area contributed by atoms with Gasteiger partial charge in [-0.05, 0) is 19.1 Å². The first kappa shape index (κ1) is 17.5. The van der Waals surface area contributed by atoms with Crippen LogP contribution in [0.1, 0.15) is 17.4 Å². The minimum absolute atomic E-state index is 0.128. The Hall–Kier alpha value is -3.34. The molecule has 0 fully saturated rings. The van der Waals surface area contributed by atoms with Crippen LogP contribution in [0.15, 0.2) is 77.3 Å². The van der Waals surface area contributed by atoms with Gasteiger partial charge in [-0.3, -0.25) is 0 Å². The van der Waals surface area contributed by atoms with Crippen LogP contribution in [0.5, 0.6) is 5.75 Å². The van der Waals surface area contributed by atoms with Gasteiger partial charge in [-0.25, -0.2) is 4.79 Å². The molecule has 1 unspecified atom stereocenters. The van der Waals surface area contributed by atoms with Crippen molar-refractivity contribution in [1.82, 2.24) is 5.16 Å². The molecule has 5 heteroatoms. The highest BCUT2D eigenvalue weighted by molar-refractivity contribution is 5.89. The fourth-order valence-corrected chi connectivity index (χ4v) is 2.45. The van der Waals surface area contributed by atoms with Crippen molar-refractivity contribution in [3.63, 3.8) is 0 Å². The molecule has 0 bridgehead atoms. The fourth-order valence-electron chi connectivity index (χ4n) is 2.45. The van der Waals surface area contributed by atoms with E-state index in [1.165, 1.54) is 7.11 Å². The van der Waals surface area contributed by atoms with Crippen LogP contribution >= 0.6 is 0 Å². The third-order valence-corrected chi connectivity index (χ3v) is 3.90. The number of hydrogen-bond donors (Lipinski definition) is 0. The summed E-state index contributed by atoms with van der Waals surface area (Å²) in [5.74, 6) is 0.384. The monoisotopic (exact) mass is 349 g/mol. The molecular weight excluding hydrogens is 330 g/mol. The summed E-state index contributed by atoms with van der Waals surface area (Å²) >= 11 is 0. The summed E-state index contributed by atoms with van der Waals surface area (Å²) in [6.45, 7) is 5.82. The summed E-state index contributed by atoms with van der Waals surface area (Å²) in [5.41, 5.74) is 2.84. The summed E-state index contributed by atoms with van der Waals surface area (Å²) in [6, 6.07) is 18.8. The van der Waals surface area contributed by atoms with Crippen molar-refractivity contribution in [3.8, 4) is 17.0 Å². The van der Waals surface area contributed by atoms with E-state index in [0.717, 1.165) is 11.1 Å². The van der Waals surface area contributed by atoms with Gasteiger partial charge in [0.25, 0.3) is 0 Å². The first-order chi connectivity index (χ1) is 12.6. The number of aryl methyl sites for hydroxylation is 1.